The molecule has 1 aromatic heterocycles. The van der Waals surface area contributed by atoms with Gasteiger partial charge in [0, 0.05) is 23.9 Å². The summed E-state index contributed by atoms with van der Waals surface area (Å²) >= 11 is 1.57. The Balaban J connectivity index is 1.99. The maximum atomic E-state index is 11.7. The van der Waals surface area contributed by atoms with Gasteiger partial charge < -0.3 is 0 Å². The van der Waals surface area contributed by atoms with Gasteiger partial charge >= 0.3 is 0 Å². The molecule has 16 heavy (non-hydrogen) atoms. The Hall–Kier alpha value is -1.42. The second-order valence-corrected chi connectivity index (χ2v) is 4.67. The second-order valence-electron chi connectivity index (χ2n) is 3.69. The molecule has 84 valence electrons. The van der Waals surface area contributed by atoms with E-state index in [0.717, 1.165) is 17.7 Å². The van der Waals surface area contributed by atoms with Crippen LogP contribution >= 0.6 is 11.3 Å². The molecule has 4 heteroatoms. The van der Waals surface area contributed by atoms with E-state index >= 15 is 0 Å². The zero-order valence-electron chi connectivity index (χ0n) is 8.89. The third-order valence-electron chi connectivity index (χ3n) is 2.52. The summed E-state index contributed by atoms with van der Waals surface area (Å²) in [5.41, 5.74) is 0. The Morgan fingerprint density at radius 3 is 3.00 bits per heavy atom. The van der Waals surface area contributed by atoms with Crippen LogP contribution in [-0.4, -0.2) is 23.3 Å². The predicted octanol–water partition coefficient (Wildman–Crippen LogP) is 2.30. The van der Waals surface area contributed by atoms with Gasteiger partial charge in [-0.2, -0.15) is 0 Å². The van der Waals surface area contributed by atoms with E-state index in [2.05, 4.69) is 0 Å². The first-order valence-electron chi connectivity index (χ1n) is 5.33. The fourth-order valence-electron chi connectivity index (χ4n) is 1.67. The highest BCUT2D eigenvalue weighted by Gasteiger charge is 2.22. The number of amides is 2. The van der Waals surface area contributed by atoms with E-state index in [1.807, 2.05) is 17.5 Å². The van der Waals surface area contributed by atoms with Gasteiger partial charge in [0.2, 0.25) is 5.91 Å². The average molecular weight is 235 g/mol. The summed E-state index contributed by atoms with van der Waals surface area (Å²) in [4.78, 5) is 25.6. The van der Waals surface area contributed by atoms with Gasteiger partial charge in [0.1, 0.15) is 0 Å². The van der Waals surface area contributed by atoms with E-state index < -0.39 is 0 Å². The van der Waals surface area contributed by atoms with Crippen LogP contribution in [0.4, 0.5) is 0 Å². The van der Waals surface area contributed by atoms with Crippen molar-refractivity contribution in [3.63, 3.8) is 0 Å². The van der Waals surface area contributed by atoms with Gasteiger partial charge in [-0.25, -0.2) is 0 Å². The molecule has 1 aliphatic heterocycles. The molecule has 0 spiro atoms. The molecule has 1 saturated heterocycles. The molecule has 0 unspecified atom stereocenters. The van der Waals surface area contributed by atoms with Crippen molar-refractivity contribution in [2.45, 2.75) is 19.3 Å². The molecule has 0 radical (unpaired) electrons. The van der Waals surface area contributed by atoms with Crippen molar-refractivity contribution < 1.29 is 9.59 Å². The lowest BCUT2D eigenvalue weighted by atomic mass is 10.1. The molecule has 0 bridgehead atoms. The monoisotopic (exact) mass is 235 g/mol. The average Bonchev–Trinajstić information content (AvgIpc) is 2.79. The van der Waals surface area contributed by atoms with Crippen LogP contribution in [0.15, 0.2) is 23.6 Å². The molecule has 1 fully saturated rings. The van der Waals surface area contributed by atoms with Gasteiger partial charge in [-0.1, -0.05) is 6.07 Å². The number of carbonyl (C=O) groups is 2. The predicted molar refractivity (Wildman–Crippen MR) is 63.9 cm³/mol. The van der Waals surface area contributed by atoms with Gasteiger partial charge in [0.05, 0.1) is 0 Å². The van der Waals surface area contributed by atoms with Crippen molar-refractivity contribution in [3.05, 3.63) is 28.5 Å². The van der Waals surface area contributed by atoms with Crippen molar-refractivity contribution in [2.24, 2.45) is 0 Å². The van der Waals surface area contributed by atoms with Crippen LogP contribution in [-0.2, 0) is 9.59 Å². The summed E-state index contributed by atoms with van der Waals surface area (Å²) in [5, 5.41) is 1.95. The Kier molecular flexibility index (Phi) is 3.51. The van der Waals surface area contributed by atoms with Crippen LogP contribution in [0.5, 0.6) is 0 Å². The third-order valence-corrected chi connectivity index (χ3v) is 3.36. The van der Waals surface area contributed by atoms with Crippen LogP contribution < -0.4 is 0 Å². The number of piperidine rings is 1. The number of imide groups is 1. The first-order valence-corrected chi connectivity index (χ1v) is 6.21. The molecule has 1 aliphatic rings. The minimum atomic E-state index is -0.196. The minimum Gasteiger partial charge on any atom is -0.279 e. The van der Waals surface area contributed by atoms with Gasteiger partial charge in [-0.05, 0) is 30.4 Å². The molecule has 0 atom stereocenters. The minimum absolute atomic E-state index is 0.0490. The molecule has 0 saturated carbocycles. The van der Waals surface area contributed by atoms with Crippen molar-refractivity contribution >= 4 is 29.2 Å². The van der Waals surface area contributed by atoms with E-state index in [4.69, 9.17) is 0 Å². The Labute approximate surface area is 98.4 Å². The second kappa shape index (κ2) is 5.07. The number of hydrogen-bond donors (Lipinski definition) is 0. The van der Waals surface area contributed by atoms with Crippen molar-refractivity contribution in [1.82, 2.24) is 4.90 Å². The molecular weight excluding hydrogens is 222 g/mol. The Morgan fingerprint density at radius 2 is 2.31 bits per heavy atom. The maximum Gasteiger partial charge on any atom is 0.253 e. The fourth-order valence-corrected chi connectivity index (χ4v) is 2.29. The van der Waals surface area contributed by atoms with Gasteiger partial charge in [0.25, 0.3) is 5.91 Å². The van der Waals surface area contributed by atoms with Gasteiger partial charge in [-0.3, -0.25) is 14.5 Å². The maximum absolute atomic E-state index is 11.7. The summed E-state index contributed by atoms with van der Waals surface area (Å²) < 4.78 is 0. The lowest BCUT2D eigenvalue weighted by molar-refractivity contribution is -0.143. The number of thiophene rings is 1. The number of rotatable bonds is 2. The third kappa shape index (κ3) is 2.58. The molecule has 2 rings (SSSR count). The number of nitrogens with zero attached hydrogens (tertiary/aromatic N) is 1. The van der Waals surface area contributed by atoms with Gasteiger partial charge in [0.15, 0.2) is 0 Å². The molecule has 0 aliphatic carbocycles. The zero-order chi connectivity index (χ0) is 11.4. The first-order chi connectivity index (χ1) is 7.77. The lowest BCUT2D eigenvalue weighted by Gasteiger charge is -2.23. The molecule has 0 N–H and O–H groups in total. The van der Waals surface area contributed by atoms with E-state index in [0.29, 0.717) is 13.0 Å². The van der Waals surface area contributed by atoms with E-state index in [9.17, 15) is 9.59 Å². The lowest BCUT2D eigenvalue weighted by Crippen LogP contribution is -2.39. The molecular formula is C12H13NO2S. The molecule has 3 nitrogen and oxygen atoms in total. The smallest absolute Gasteiger partial charge is 0.253 e. The quantitative estimate of drug-likeness (QED) is 0.738. The largest absolute Gasteiger partial charge is 0.279 e. The highest BCUT2D eigenvalue weighted by molar-refractivity contribution is 7.10. The Bertz CT molecular complexity index is 409. The number of hydrogen-bond acceptors (Lipinski definition) is 3. The van der Waals surface area contributed by atoms with Gasteiger partial charge in [-0.15, -0.1) is 11.3 Å². The fraction of sp³-hybridized carbons (Fsp3) is 0.333. The number of likely N-dealkylation sites (tertiary alicyclic amines) is 1. The summed E-state index contributed by atoms with van der Waals surface area (Å²) in [6.45, 7) is 0.562. The standard InChI is InChI=1S/C12H13NO2S/c14-11-5-1-2-8-13(11)12(15)7-6-10-4-3-9-16-10/h3-4,6-7,9H,1-2,5,8H2/b7-6+. The Morgan fingerprint density at radius 1 is 1.44 bits per heavy atom. The van der Waals surface area contributed by atoms with E-state index in [1.54, 1.807) is 17.4 Å². The number of carbonyl (C=O) groups excluding carboxylic acids is 2. The van der Waals surface area contributed by atoms with Crippen LogP contribution in [0.25, 0.3) is 6.08 Å². The zero-order valence-corrected chi connectivity index (χ0v) is 9.70. The summed E-state index contributed by atoms with van der Waals surface area (Å²) in [6, 6.07) is 3.87. The summed E-state index contributed by atoms with van der Waals surface area (Å²) in [7, 11) is 0. The first kappa shape index (κ1) is 11.1. The van der Waals surface area contributed by atoms with Crippen LogP contribution in [0.1, 0.15) is 24.1 Å². The van der Waals surface area contributed by atoms with Crippen LogP contribution in [0.3, 0.4) is 0 Å². The molecule has 0 aromatic carbocycles. The van der Waals surface area contributed by atoms with E-state index in [1.165, 1.54) is 11.0 Å². The van der Waals surface area contributed by atoms with Crippen LogP contribution in [0.2, 0.25) is 0 Å². The highest BCUT2D eigenvalue weighted by Crippen LogP contribution is 2.13. The van der Waals surface area contributed by atoms with Crippen molar-refractivity contribution in [3.8, 4) is 0 Å². The van der Waals surface area contributed by atoms with E-state index in [-0.39, 0.29) is 11.8 Å². The summed E-state index contributed by atoms with van der Waals surface area (Å²) in [5.74, 6) is -0.245. The van der Waals surface area contributed by atoms with Crippen molar-refractivity contribution in [1.29, 1.82) is 0 Å². The molecule has 1 aromatic rings. The molecule has 2 amide bonds. The highest BCUT2D eigenvalue weighted by atomic mass is 32.1. The molecule has 2 heterocycles. The van der Waals surface area contributed by atoms with Crippen molar-refractivity contribution in [2.75, 3.05) is 6.54 Å². The summed E-state index contributed by atoms with van der Waals surface area (Å²) in [6.07, 6.45) is 5.56. The topological polar surface area (TPSA) is 37.4 Å². The normalized spacial score (nSPS) is 17.0. The SMILES string of the molecule is O=C(/C=C/c1cccs1)N1CCCCC1=O. The van der Waals surface area contributed by atoms with Crippen LogP contribution in [0, 0.1) is 0 Å².